The molecule has 1 aromatic carbocycles. The van der Waals surface area contributed by atoms with Crippen molar-refractivity contribution in [2.45, 2.75) is 39.5 Å². The Morgan fingerprint density at radius 2 is 1.86 bits per heavy atom. The minimum absolute atomic E-state index is 0.224. The molecule has 0 unspecified atom stereocenters. The van der Waals surface area contributed by atoms with Gasteiger partial charge in [0.05, 0.1) is 0 Å². The Morgan fingerprint density at radius 3 is 2.43 bits per heavy atom. The van der Waals surface area contributed by atoms with E-state index in [4.69, 9.17) is 0 Å². The van der Waals surface area contributed by atoms with Crippen molar-refractivity contribution in [3.63, 3.8) is 0 Å². The van der Waals surface area contributed by atoms with Gasteiger partial charge in [-0.3, -0.25) is 4.79 Å². The lowest BCUT2D eigenvalue weighted by molar-refractivity contribution is -0.136. The highest BCUT2D eigenvalue weighted by Crippen LogP contribution is 2.24. The maximum Gasteiger partial charge on any atom is 0.225 e. The van der Waals surface area contributed by atoms with E-state index in [0.717, 1.165) is 51.9 Å². The third-order valence-corrected chi connectivity index (χ3v) is 4.44. The second-order valence-electron chi connectivity index (χ2n) is 5.87. The molecule has 0 saturated carbocycles. The van der Waals surface area contributed by atoms with Gasteiger partial charge in [-0.2, -0.15) is 0 Å². The molecule has 1 aliphatic rings. The Labute approximate surface area is 128 Å². The zero-order chi connectivity index (χ0) is 15.1. The standard InChI is InChI=1S/C18H28N2O/c1-3-5-13-19(4-2)18(21)16-11-14-20(15-12-16)17-9-7-6-8-10-17/h6-10,16H,3-5,11-15H2,1-2H3. The highest BCUT2D eigenvalue weighted by atomic mass is 16.2. The highest BCUT2D eigenvalue weighted by Gasteiger charge is 2.27. The fraction of sp³-hybridized carbons (Fsp3) is 0.611. The number of rotatable bonds is 6. The molecule has 1 aromatic rings. The lowest BCUT2D eigenvalue weighted by Gasteiger charge is -2.35. The summed E-state index contributed by atoms with van der Waals surface area (Å²) in [5.74, 6) is 0.598. The first-order chi connectivity index (χ1) is 10.3. The van der Waals surface area contributed by atoms with E-state index < -0.39 is 0 Å². The van der Waals surface area contributed by atoms with E-state index in [1.807, 2.05) is 11.0 Å². The average molecular weight is 288 g/mol. The molecular formula is C18H28N2O. The molecule has 0 aromatic heterocycles. The molecule has 1 saturated heterocycles. The molecule has 0 radical (unpaired) electrons. The van der Waals surface area contributed by atoms with Gasteiger partial charge in [-0.05, 0) is 38.3 Å². The number of carbonyl (C=O) groups is 1. The molecule has 0 N–H and O–H groups in total. The van der Waals surface area contributed by atoms with Crippen molar-refractivity contribution in [2.24, 2.45) is 5.92 Å². The summed E-state index contributed by atoms with van der Waals surface area (Å²) in [5.41, 5.74) is 1.28. The Balaban J connectivity index is 1.86. The summed E-state index contributed by atoms with van der Waals surface area (Å²) < 4.78 is 0. The van der Waals surface area contributed by atoms with Crippen LogP contribution in [0.3, 0.4) is 0 Å². The van der Waals surface area contributed by atoms with Gasteiger partial charge >= 0.3 is 0 Å². The van der Waals surface area contributed by atoms with Crippen LogP contribution >= 0.6 is 0 Å². The third kappa shape index (κ3) is 4.23. The van der Waals surface area contributed by atoms with Crippen molar-refractivity contribution in [3.8, 4) is 0 Å². The number of benzene rings is 1. The van der Waals surface area contributed by atoms with Crippen molar-refractivity contribution >= 4 is 11.6 Å². The van der Waals surface area contributed by atoms with E-state index >= 15 is 0 Å². The van der Waals surface area contributed by atoms with Gasteiger partial charge in [0, 0.05) is 37.8 Å². The first kappa shape index (κ1) is 15.9. The summed E-state index contributed by atoms with van der Waals surface area (Å²) in [7, 11) is 0. The number of carbonyl (C=O) groups excluding carboxylic acids is 1. The van der Waals surface area contributed by atoms with Crippen molar-refractivity contribution in [1.82, 2.24) is 4.90 Å². The summed E-state index contributed by atoms with van der Waals surface area (Å²) in [4.78, 5) is 17.0. The van der Waals surface area contributed by atoms with Crippen LogP contribution in [0.15, 0.2) is 30.3 Å². The molecule has 21 heavy (non-hydrogen) atoms. The summed E-state index contributed by atoms with van der Waals surface area (Å²) in [6, 6.07) is 10.5. The lowest BCUT2D eigenvalue weighted by atomic mass is 9.94. The Hall–Kier alpha value is -1.51. The highest BCUT2D eigenvalue weighted by molar-refractivity contribution is 5.79. The van der Waals surface area contributed by atoms with Crippen LogP contribution in [0.1, 0.15) is 39.5 Å². The molecule has 0 spiro atoms. The smallest absolute Gasteiger partial charge is 0.225 e. The summed E-state index contributed by atoms with van der Waals surface area (Å²) in [6.45, 7) is 8.02. The zero-order valence-electron chi connectivity index (χ0n) is 13.4. The predicted octanol–water partition coefficient (Wildman–Crippen LogP) is 3.55. The monoisotopic (exact) mass is 288 g/mol. The van der Waals surface area contributed by atoms with Crippen molar-refractivity contribution in [1.29, 1.82) is 0 Å². The van der Waals surface area contributed by atoms with Crippen LogP contribution < -0.4 is 4.90 Å². The number of para-hydroxylation sites is 1. The van der Waals surface area contributed by atoms with E-state index in [9.17, 15) is 4.79 Å². The largest absolute Gasteiger partial charge is 0.371 e. The van der Waals surface area contributed by atoms with Gasteiger partial charge in [0.15, 0.2) is 0 Å². The molecule has 1 heterocycles. The van der Waals surface area contributed by atoms with E-state index in [2.05, 4.69) is 43.0 Å². The van der Waals surface area contributed by atoms with Crippen LogP contribution in [-0.4, -0.2) is 37.0 Å². The number of hydrogen-bond donors (Lipinski definition) is 0. The molecule has 0 atom stereocenters. The predicted molar refractivity (Wildman–Crippen MR) is 88.5 cm³/mol. The summed E-state index contributed by atoms with van der Waals surface area (Å²) in [5, 5.41) is 0. The molecule has 116 valence electrons. The van der Waals surface area contributed by atoms with Crippen molar-refractivity contribution < 1.29 is 4.79 Å². The average Bonchev–Trinajstić information content (AvgIpc) is 2.56. The Morgan fingerprint density at radius 1 is 1.19 bits per heavy atom. The fourth-order valence-corrected chi connectivity index (χ4v) is 3.05. The molecule has 1 amide bonds. The van der Waals surface area contributed by atoms with E-state index in [1.54, 1.807) is 0 Å². The zero-order valence-corrected chi connectivity index (χ0v) is 13.4. The molecule has 3 heteroatoms. The number of nitrogens with zero attached hydrogens (tertiary/aromatic N) is 2. The fourth-order valence-electron chi connectivity index (χ4n) is 3.05. The van der Waals surface area contributed by atoms with Crippen molar-refractivity contribution in [3.05, 3.63) is 30.3 Å². The van der Waals surface area contributed by atoms with E-state index in [0.29, 0.717) is 5.91 Å². The van der Waals surface area contributed by atoms with Gasteiger partial charge in [-0.25, -0.2) is 0 Å². The Bertz CT molecular complexity index is 424. The van der Waals surface area contributed by atoms with Crippen LogP contribution in [0.4, 0.5) is 5.69 Å². The topological polar surface area (TPSA) is 23.6 Å². The van der Waals surface area contributed by atoms with E-state index in [-0.39, 0.29) is 5.92 Å². The first-order valence-corrected chi connectivity index (χ1v) is 8.35. The molecule has 0 aliphatic carbocycles. The number of hydrogen-bond acceptors (Lipinski definition) is 2. The second kappa shape index (κ2) is 8.06. The SMILES string of the molecule is CCCCN(CC)C(=O)C1CCN(c2ccccc2)CC1. The van der Waals surface area contributed by atoms with Gasteiger partial charge in [-0.15, -0.1) is 0 Å². The number of amides is 1. The second-order valence-corrected chi connectivity index (χ2v) is 5.87. The minimum atomic E-state index is 0.224. The van der Waals surface area contributed by atoms with Gasteiger partial charge in [0.2, 0.25) is 5.91 Å². The molecule has 1 fully saturated rings. The first-order valence-electron chi connectivity index (χ1n) is 8.35. The van der Waals surface area contributed by atoms with Crippen LogP contribution in [0, 0.1) is 5.92 Å². The van der Waals surface area contributed by atoms with Crippen molar-refractivity contribution in [2.75, 3.05) is 31.1 Å². The van der Waals surface area contributed by atoms with Gasteiger partial charge in [-0.1, -0.05) is 31.5 Å². The van der Waals surface area contributed by atoms with Gasteiger partial charge < -0.3 is 9.80 Å². The summed E-state index contributed by atoms with van der Waals surface area (Å²) >= 11 is 0. The van der Waals surface area contributed by atoms with Crippen LogP contribution in [0.25, 0.3) is 0 Å². The number of unbranched alkanes of at least 4 members (excludes halogenated alkanes) is 1. The molecule has 1 aliphatic heterocycles. The maximum atomic E-state index is 12.6. The summed E-state index contributed by atoms with van der Waals surface area (Å²) in [6.07, 6.45) is 4.23. The lowest BCUT2D eigenvalue weighted by Crippen LogP contribution is -2.43. The number of anilines is 1. The molecular weight excluding hydrogens is 260 g/mol. The van der Waals surface area contributed by atoms with Crippen LogP contribution in [0.5, 0.6) is 0 Å². The Kier molecular flexibility index (Phi) is 6.09. The van der Waals surface area contributed by atoms with Crippen LogP contribution in [0.2, 0.25) is 0 Å². The van der Waals surface area contributed by atoms with Gasteiger partial charge in [0.1, 0.15) is 0 Å². The molecule has 3 nitrogen and oxygen atoms in total. The quantitative estimate of drug-likeness (QED) is 0.799. The van der Waals surface area contributed by atoms with E-state index in [1.165, 1.54) is 5.69 Å². The molecule has 0 bridgehead atoms. The normalized spacial score (nSPS) is 16.0. The third-order valence-electron chi connectivity index (χ3n) is 4.44. The maximum absolute atomic E-state index is 12.6. The van der Waals surface area contributed by atoms with Crippen LogP contribution in [-0.2, 0) is 4.79 Å². The van der Waals surface area contributed by atoms with Gasteiger partial charge in [0.25, 0.3) is 0 Å². The molecule has 2 rings (SSSR count). The minimum Gasteiger partial charge on any atom is -0.371 e. The number of piperidine rings is 1.